The summed E-state index contributed by atoms with van der Waals surface area (Å²) in [6.07, 6.45) is 4.66. The van der Waals surface area contributed by atoms with E-state index in [-0.39, 0.29) is 30.1 Å². The van der Waals surface area contributed by atoms with Crippen LogP contribution in [0.5, 0.6) is 5.75 Å². The summed E-state index contributed by atoms with van der Waals surface area (Å²) in [7, 11) is 0. The van der Waals surface area contributed by atoms with Crippen LogP contribution in [-0.2, 0) is 6.54 Å². The lowest BCUT2D eigenvalue weighted by molar-refractivity contribution is 0.230. The van der Waals surface area contributed by atoms with E-state index in [1.54, 1.807) is 6.20 Å². The second kappa shape index (κ2) is 12.8. The molecule has 0 saturated heterocycles. The molecular formula is C18H27ClIN5O. The second-order valence-electron chi connectivity index (χ2n) is 5.63. The molecule has 0 aliphatic carbocycles. The van der Waals surface area contributed by atoms with E-state index in [0.717, 1.165) is 32.0 Å². The van der Waals surface area contributed by atoms with Crippen LogP contribution in [0.1, 0.15) is 20.3 Å². The van der Waals surface area contributed by atoms with Gasteiger partial charge in [0.25, 0.3) is 0 Å². The number of nitrogens with one attached hydrogen (secondary N) is 2. The minimum atomic E-state index is -0.0700. The summed E-state index contributed by atoms with van der Waals surface area (Å²) >= 11 is 6.11. The molecule has 2 aromatic rings. The Morgan fingerprint density at radius 3 is 2.81 bits per heavy atom. The summed E-state index contributed by atoms with van der Waals surface area (Å²) < 4.78 is 7.76. The van der Waals surface area contributed by atoms with Crippen LogP contribution in [0.25, 0.3) is 0 Å². The number of nitrogens with zero attached hydrogens (tertiary/aromatic N) is 3. The van der Waals surface area contributed by atoms with Crippen LogP contribution in [0.15, 0.2) is 47.7 Å². The summed E-state index contributed by atoms with van der Waals surface area (Å²) in [5.41, 5.74) is 0. The Labute approximate surface area is 177 Å². The van der Waals surface area contributed by atoms with Gasteiger partial charge in [0.1, 0.15) is 11.9 Å². The Hall–Kier alpha value is -1.48. The number of guanidine groups is 1. The van der Waals surface area contributed by atoms with Gasteiger partial charge in [0.2, 0.25) is 0 Å². The van der Waals surface area contributed by atoms with Gasteiger partial charge in [-0.05, 0) is 38.5 Å². The monoisotopic (exact) mass is 491 g/mol. The molecule has 2 rings (SSSR count). The van der Waals surface area contributed by atoms with E-state index in [1.807, 2.05) is 55.1 Å². The summed E-state index contributed by atoms with van der Waals surface area (Å²) in [5.74, 6) is 1.47. The molecule has 8 heteroatoms. The van der Waals surface area contributed by atoms with Crippen LogP contribution in [0, 0.1) is 0 Å². The normalized spacial score (nSPS) is 12.2. The number of aliphatic imine (C=N–C) groups is 1. The summed E-state index contributed by atoms with van der Waals surface area (Å²) in [6, 6.07) is 9.40. The quantitative estimate of drug-likeness (QED) is 0.244. The molecule has 144 valence electrons. The average Bonchev–Trinajstić information content (AvgIpc) is 3.12. The van der Waals surface area contributed by atoms with Crippen molar-refractivity contribution in [3.8, 4) is 5.75 Å². The van der Waals surface area contributed by atoms with Gasteiger partial charge < -0.3 is 15.4 Å². The largest absolute Gasteiger partial charge is 0.487 e. The number of halogens is 2. The molecular weight excluding hydrogens is 465 g/mol. The van der Waals surface area contributed by atoms with Crippen LogP contribution in [0.2, 0.25) is 5.02 Å². The summed E-state index contributed by atoms with van der Waals surface area (Å²) in [4.78, 5) is 4.58. The number of ether oxygens (including phenoxy) is 1. The highest BCUT2D eigenvalue weighted by Crippen LogP contribution is 2.24. The molecule has 0 aliphatic rings. The van der Waals surface area contributed by atoms with Crippen LogP contribution in [0.4, 0.5) is 0 Å². The number of aryl methyl sites for hydroxylation is 1. The third-order valence-electron chi connectivity index (χ3n) is 3.43. The first-order valence-electron chi connectivity index (χ1n) is 8.60. The lowest BCUT2D eigenvalue weighted by Crippen LogP contribution is -2.38. The standard InChI is InChI=1S/C18H26ClN5O.HI/c1-3-20-18(21-10-6-12-24-13-7-11-23-24)22-14-15(2)25-17-9-5-4-8-16(17)19;/h4-5,7-9,11,13,15H,3,6,10,12,14H2,1-2H3,(H2,20,21,22);1H. The Balaban J connectivity index is 0.00000338. The molecule has 0 saturated carbocycles. The summed E-state index contributed by atoms with van der Waals surface area (Å²) in [6.45, 7) is 7.08. The molecule has 2 N–H and O–H groups in total. The fourth-order valence-corrected chi connectivity index (χ4v) is 2.42. The highest BCUT2D eigenvalue weighted by molar-refractivity contribution is 14.0. The van der Waals surface area contributed by atoms with Gasteiger partial charge >= 0.3 is 0 Å². The molecule has 1 heterocycles. The number of hydrogen-bond donors (Lipinski definition) is 2. The van der Waals surface area contributed by atoms with E-state index in [4.69, 9.17) is 16.3 Å². The first-order valence-corrected chi connectivity index (χ1v) is 8.97. The van der Waals surface area contributed by atoms with Crippen LogP contribution < -0.4 is 15.4 Å². The van der Waals surface area contributed by atoms with Gasteiger partial charge in [0, 0.05) is 32.0 Å². The van der Waals surface area contributed by atoms with Gasteiger partial charge in [0.05, 0.1) is 11.6 Å². The Bertz CT molecular complexity index is 651. The highest BCUT2D eigenvalue weighted by atomic mass is 127. The maximum Gasteiger partial charge on any atom is 0.191 e. The molecule has 1 aromatic carbocycles. The van der Waals surface area contributed by atoms with Crippen molar-refractivity contribution >= 4 is 41.5 Å². The van der Waals surface area contributed by atoms with Gasteiger partial charge in [-0.15, -0.1) is 24.0 Å². The predicted molar refractivity (Wildman–Crippen MR) is 118 cm³/mol. The number of hydrogen-bond acceptors (Lipinski definition) is 3. The van der Waals surface area contributed by atoms with Crippen molar-refractivity contribution in [2.45, 2.75) is 32.9 Å². The van der Waals surface area contributed by atoms with Crippen molar-refractivity contribution in [3.63, 3.8) is 0 Å². The first-order chi connectivity index (χ1) is 12.2. The zero-order valence-electron chi connectivity index (χ0n) is 15.2. The van der Waals surface area contributed by atoms with E-state index in [0.29, 0.717) is 17.3 Å². The lowest BCUT2D eigenvalue weighted by atomic mass is 10.3. The van der Waals surface area contributed by atoms with Crippen LogP contribution in [-0.4, -0.2) is 41.5 Å². The van der Waals surface area contributed by atoms with E-state index < -0.39 is 0 Å². The van der Waals surface area contributed by atoms with Crippen molar-refractivity contribution in [2.75, 3.05) is 19.6 Å². The molecule has 26 heavy (non-hydrogen) atoms. The molecule has 0 aliphatic heterocycles. The zero-order chi connectivity index (χ0) is 17.9. The molecule has 0 fully saturated rings. The number of para-hydroxylation sites is 1. The molecule has 0 radical (unpaired) electrons. The third kappa shape index (κ3) is 8.27. The fourth-order valence-electron chi connectivity index (χ4n) is 2.24. The number of aromatic nitrogens is 2. The maximum absolute atomic E-state index is 6.11. The first kappa shape index (κ1) is 22.6. The van der Waals surface area contributed by atoms with Crippen LogP contribution in [0.3, 0.4) is 0 Å². The number of rotatable bonds is 9. The third-order valence-corrected chi connectivity index (χ3v) is 3.74. The average molecular weight is 492 g/mol. The Morgan fingerprint density at radius 1 is 1.31 bits per heavy atom. The minimum Gasteiger partial charge on any atom is -0.487 e. The van der Waals surface area contributed by atoms with E-state index in [1.165, 1.54) is 0 Å². The fraction of sp³-hybridized carbons (Fsp3) is 0.444. The molecule has 1 aromatic heterocycles. The van der Waals surface area contributed by atoms with E-state index in [9.17, 15) is 0 Å². The zero-order valence-corrected chi connectivity index (χ0v) is 18.3. The van der Waals surface area contributed by atoms with Gasteiger partial charge in [-0.1, -0.05) is 23.7 Å². The second-order valence-corrected chi connectivity index (χ2v) is 6.04. The predicted octanol–water partition coefficient (Wildman–Crippen LogP) is 3.57. The summed E-state index contributed by atoms with van der Waals surface area (Å²) in [5, 5.41) is 11.4. The highest BCUT2D eigenvalue weighted by Gasteiger charge is 2.07. The number of benzene rings is 1. The van der Waals surface area contributed by atoms with Crippen molar-refractivity contribution in [2.24, 2.45) is 4.99 Å². The van der Waals surface area contributed by atoms with Gasteiger partial charge in [0.15, 0.2) is 5.96 Å². The van der Waals surface area contributed by atoms with E-state index in [2.05, 4.69) is 20.7 Å². The maximum atomic E-state index is 6.11. The van der Waals surface area contributed by atoms with Gasteiger partial charge in [-0.3, -0.25) is 4.68 Å². The van der Waals surface area contributed by atoms with Crippen molar-refractivity contribution in [3.05, 3.63) is 47.7 Å². The molecule has 0 spiro atoms. The topological polar surface area (TPSA) is 63.5 Å². The Kier molecular flexibility index (Phi) is 11.1. The minimum absolute atomic E-state index is 0. The molecule has 6 nitrogen and oxygen atoms in total. The molecule has 0 bridgehead atoms. The van der Waals surface area contributed by atoms with Crippen LogP contribution >= 0.6 is 35.6 Å². The van der Waals surface area contributed by atoms with Crippen molar-refractivity contribution in [1.29, 1.82) is 0 Å². The van der Waals surface area contributed by atoms with Gasteiger partial charge in [-0.25, -0.2) is 4.99 Å². The molecule has 0 amide bonds. The van der Waals surface area contributed by atoms with Crippen molar-refractivity contribution < 1.29 is 4.74 Å². The van der Waals surface area contributed by atoms with Crippen molar-refractivity contribution in [1.82, 2.24) is 20.4 Å². The SMILES string of the molecule is CCNC(=NCC(C)Oc1ccccc1Cl)NCCCn1cccn1.I. The molecule has 1 atom stereocenters. The Morgan fingerprint density at radius 2 is 2.12 bits per heavy atom. The lowest BCUT2D eigenvalue weighted by Gasteiger charge is -2.16. The van der Waals surface area contributed by atoms with Gasteiger partial charge in [-0.2, -0.15) is 5.10 Å². The molecule has 1 unspecified atom stereocenters. The smallest absolute Gasteiger partial charge is 0.191 e. The van der Waals surface area contributed by atoms with E-state index >= 15 is 0 Å².